The van der Waals surface area contributed by atoms with E-state index in [2.05, 4.69) is 70.8 Å². The summed E-state index contributed by atoms with van der Waals surface area (Å²) in [6, 6.07) is 0. The molecule has 0 heteroatoms. The highest BCUT2D eigenvalue weighted by Gasteiger charge is 2.59. The zero-order chi connectivity index (χ0) is 27.4. The maximum absolute atomic E-state index is 2.57. The molecule has 0 spiro atoms. The average molecular weight is 529 g/mol. The SMILES string of the molecule is CCCC1CCC2C3=C1C(CCC)C1=C4C(CCC1CCC)C1CCCC(C)=C1C(C(=C(C)C)C2CCC)C34. The summed E-state index contributed by atoms with van der Waals surface area (Å²) in [7, 11) is 0. The van der Waals surface area contributed by atoms with Crippen molar-refractivity contribution in [3.8, 4) is 0 Å². The highest BCUT2D eigenvalue weighted by molar-refractivity contribution is 5.57. The highest BCUT2D eigenvalue weighted by atomic mass is 14.6. The molecule has 0 N–H and O–H groups in total. The van der Waals surface area contributed by atoms with Crippen molar-refractivity contribution in [2.75, 3.05) is 0 Å². The number of fused-ring (bicyclic) bond motifs is 3. The highest BCUT2D eigenvalue weighted by Crippen LogP contribution is 2.70. The molecule has 0 saturated heterocycles. The molecule has 39 heavy (non-hydrogen) atoms. The van der Waals surface area contributed by atoms with Crippen LogP contribution in [0.4, 0.5) is 0 Å². The molecule has 0 nitrogen and oxygen atoms in total. The van der Waals surface area contributed by atoms with Crippen LogP contribution >= 0.6 is 0 Å². The molecule has 0 aromatic heterocycles. The van der Waals surface area contributed by atoms with Crippen molar-refractivity contribution in [1.29, 1.82) is 0 Å². The van der Waals surface area contributed by atoms with Gasteiger partial charge in [-0.3, -0.25) is 0 Å². The van der Waals surface area contributed by atoms with Crippen LogP contribution in [-0.2, 0) is 0 Å². The van der Waals surface area contributed by atoms with E-state index in [4.69, 9.17) is 0 Å². The van der Waals surface area contributed by atoms with Crippen LogP contribution in [0.1, 0.15) is 145 Å². The number of rotatable bonds is 8. The molecule has 0 bridgehead atoms. The van der Waals surface area contributed by atoms with E-state index < -0.39 is 0 Å². The Hall–Kier alpha value is -1.04. The molecule has 0 aromatic carbocycles. The predicted molar refractivity (Wildman–Crippen MR) is 168 cm³/mol. The van der Waals surface area contributed by atoms with E-state index in [-0.39, 0.29) is 0 Å². The molecular formula is C39H60. The Morgan fingerprint density at radius 1 is 0.590 bits per heavy atom. The fourth-order valence-corrected chi connectivity index (χ4v) is 11.9. The lowest BCUT2D eigenvalue weighted by Crippen LogP contribution is -2.53. The van der Waals surface area contributed by atoms with Crippen LogP contribution in [0, 0.1) is 53.3 Å². The first kappa shape index (κ1) is 28.1. The van der Waals surface area contributed by atoms with Gasteiger partial charge in [-0.15, -0.1) is 0 Å². The Labute approximate surface area is 242 Å². The van der Waals surface area contributed by atoms with Gasteiger partial charge in [-0.2, -0.15) is 0 Å². The second-order valence-corrected chi connectivity index (χ2v) is 15.0. The fraction of sp³-hybridized carbons (Fsp3) is 0.795. The Bertz CT molecular complexity index is 1070. The van der Waals surface area contributed by atoms with Gasteiger partial charge in [0.05, 0.1) is 0 Å². The van der Waals surface area contributed by atoms with Gasteiger partial charge in [0.15, 0.2) is 0 Å². The lowest BCUT2D eigenvalue weighted by atomic mass is 9.41. The van der Waals surface area contributed by atoms with E-state index in [0.717, 1.165) is 47.3 Å². The lowest BCUT2D eigenvalue weighted by Gasteiger charge is -2.63. The quantitative estimate of drug-likeness (QED) is 0.275. The second-order valence-electron chi connectivity index (χ2n) is 15.0. The summed E-state index contributed by atoms with van der Waals surface area (Å²) in [5, 5.41) is 0. The van der Waals surface area contributed by atoms with Gasteiger partial charge in [0.2, 0.25) is 0 Å². The first-order valence-corrected chi connectivity index (χ1v) is 17.8. The van der Waals surface area contributed by atoms with Crippen LogP contribution in [-0.4, -0.2) is 0 Å². The number of allylic oxidation sites excluding steroid dienone is 8. The minimum atomic E-state index is 0.711. The van der Waals surface area contributed by atoms with E-state index in [1.54, 1.807) is 5.57 Å². The minimum absolute atomic E-state index is 0.711. The van der Waals surface area contributed by atoms with E-state index in [9.17, 15) is 0 Å². The molecule has 2 fully saturated rings. The van der Waals surface area contributed by atoms with Crippen molar-refractivity contribution in [3.05, 3.63) is 44.6 Å². The third kappa shape index (κ3) is 4.26. The Kier molecular flexibility index (Phi) is 8.16. The Balaban J connectivity index is 1.68. The van der Waals surface area contributed by atoms with Crippen LogP contribution < -0.4 is 0 Å². The second kappa shape index (κ2) is 11.3. The monoisotopic (exact) mass is 528 g/mol. The largest absolute Gasteiger partial charge is 0.0763 e. The van der Waals surface area contributed by atoms with Gasteiger partial charge in [0, 0.05) is 17.8 Å². The van der Waals surface area contributed by atoms with Crippen molar-refractivity contribution in [2.45, 2.75) is 145 Å². The van der Waals surface area contributed by atoms with Crippen LogP contribution in [0.5, 0.6) is 0 Å². The molecule has 6 aliphatic carbocycles. The first-order chi connectivity index (χ1) is 19.0. The fourth-order valence-electron chi connectivity index (χ4n) is 11.9. The van der Waals surface area contributed by atoms with Crippen molar-refractivity contribution >= 4 is 0 Å². The average Bonchev–Trinajstić information content (AvgIpc) is 2.92. The summed E-state index contributed by atoms with van der Waals surface area (Å²) in [5.74, 6) is 7.33. The van der Waals surface area contributed by atoms with Gasteiger partial charge in [0.1, 0.15) is 0 Å². The number of hydrogen-bond donors (Lipinski definition) is 0. The van der Waals surface area contributed by atoms with Gasteiger partial charge in [-0.1, -0.05) is 98.0 Å². The van der Waals surface area contributed by atoms with Crippen LogP contribution in [0.2, 0.25) is 0 Å². The molecule has 216 valence electrons. The van der Waals surface area contributed by atoms with E-state index in [1.807, 2.05) is 16.7 Å². The molecule has 0 heterocycles. The van der Waals surface area contributed by atoms with Gasteiger partial charge >= 0.3 is 0 Å². The van der Waals surface area contributed by atoms with E-state index >= 15 is 0 Å². The zero-order valence-electron chi connectivity index (χ0n) is 26.8. The van der Waals surface area contributed by atoms with Crippen molar-refractivity contribution < 1.29 is 0 Å². The predicted octanol–water partition coefficient (Wildman–Crippen LogP) is 11.8. The zero-order valence-corrected chi connectivity index (χ0v) is 26.8. The van der Waals surface area contributed by atoms with Crippen molar-refractivity contribution in [2.24, 2.45) is 53.3 Å². The van der Waals surface area contributed by atoms with Gasteiger partial charge in [0.25, 0.3) is 0 Å². The maximum Gasteiger partial charge on any atom is 0.0122 e. The number of hydrogen-bond acceptors (Lipinski definition) is 0. The minimum Gasteiger partial charge on any atom is -0.0763 e. The van der Waals surface area contributed by atoms with Gasteiger partial charge < -0.3 is 0 Å². The molecule has 6 aliphatic rings. The normalized spacial score (nSPS) is 39.2. The molecule has 0 aliphatic heterocycles. The van der Waals surface area contributed by atoms with Crippen molar-refractivity contribution in [1.82, 2.24) is 0 Å². The van der Waals surface area contributed by atoms with Crippen molar-refractivity contribution in [3.63, 3.8) is 0 Å². The summed E-state index contributed by atoms with van der Waals surface area (Å²) < 4.78 is 0. The molecule has 9 unspecified atom stereocenters. The summed E-state index contributed by atoms with van der Waals surface area (Å²) in [5.41, 5.74) is 15.7. The van der Waals surface area contributed by atoms with E-state index in [0.29, 0.717) is 5.92 Å². The van der Waals surface area contributed by atoms with Crippen LogP contribution in [0.25, 0.3) is 0 Å². The lowest BCUT2D eigenvalue weighted by molar-refractivity contribution is 0.145. The van der Waals surface area contributed by atoms with E-state index in [1.165, 1.54) is 96.3 Å². The standard InChI is InChI=1S/C39H60/c1-8-13-25-19-21-29-27(15-10-3)32(23(5)6)38-33-24(7)17-12-18-28(33)30-22-20-26(14-9-2)35-31(16-11-4)34(25)36(29)39(38)37(30)35/h25-31,38-39H,8-22H2,1-7H3. The van der Waals surface area contributed by atoms with Gasteiger partial charge in [-0.25, -0.2) is 0 Å². The molecule has 6 rings (SSSR count). The Morgan fingerprint density at radius 2 is 1.15 bits per heavy atom. The van der Waals surface area contributed by atoms with Crippen LogP contribution in [0.15, 0.2) is 44.6 Å². The molecule has 9 atom stereocenters. The summed E-state index contributed by atoms with van der Waals surface area (Å²) >= 11 is 0. The van der Waals surface area contributed by atoms with Gasteiger partial charge in [-0.05, 0) is 127 Å². The molecule has 0 aromatic rings. The topological polar surface area (TPSA) is 0 Å². The summed E-state index contributed by atoms with van der Waals surface area (Å²) in [4.78, 5) is 0. The first-order valence-electron chi connectivity index (χ1n) is 17.8. The smallest absolute Gasteiger partial charge is 0.0122 e. The maximum atomic E-state index is 2.57. The molecule has 2 saturated carbocycles. The Morgan fingerprint density at radius 3 is 1.74 bits per heavy atom. The molecule has 0 amide bonds. The third-order valence-electron chi connectivity index (χ3n) is 12.8. The summed E-state index contributed by atoms with van der Waals surface area (Å²) in [6.07, 6.45) is 21.3. The van der Waals surface area contributed by atoms with Crippen LogP contribution in [0.3, 0.4) is 0 Å². The third-order valence-corrected chi connectivity index (χ3v) is 12.8. The molecular weight excluding hydrogens is 468 g/mol. The summed E-state index contributed by atoms with van der Waals surface area (Å²) in [6.45, 7) is 17.5. The molecule has 0 radical (unpaired) electrons.